The van der Waals surface area contributed by atoms with Crippen molar-refractivity contribution in [3.63, 3.8) is 0 Å². The van der Waals surface area contributed by atoms with Crippen LogP contribution < -0.4 is 10.6 Å². The lowest BCUT2D eigenvalue weighted by molar-refractivity contribution is 0.0635. The van der Waals surface area contributed by atoms with Crippen LogP contribution in [0.4, 0.5) is 22.1 Å². The third-order valence-corrected chi connectivity index (χ3v) is 3.19. The summed E-state index contributed by atoms with van der Waals surface area (Å²) < 4.78 is 5.17. The molecule has 0 fully saturated rings. The van der Waals surface area contributed by atoms with Crippen molar-refractivity contribution >= 4 is 34.3 Å². The predicted molar refractivity (Wildman–Crippen MR) is 96.9 cm³/mol. The van der Waals surface area contributed by atoms with Crippen LogP contribution in [0.1, 0.15) is 20.8 Å². The molecule has 0 bridgehead atoms. The van der Waals surface area contributed by atoms with Gasteiger partial charge in [0.2, 0.25) is 0 Å². The van der Waals surface area contributed by atoms with Crippen LogP contribution in [0.5, 0.6) is 0 Å². The van der Waals surface area contributed by atoms with Crippen LogP contribution in [-0.4, -0.2) is 26.9 Å². The Hall–Kier alpha value is -3.22. The second-order valence-corrected chi connectivity index (χ2v) is 6.44. The number of nitrogens with one attached hydrogen (secondary N) is 2. The molecular weight excluding hydrogens is 318 g/mol. The molecular formula is C18H19N5O2. The summed E-state index contributed by atoms with van der Waals surface area (Å²) in [6.07, 6.45) is 1.17. The van der Waals surface area contributed by atoms with Crippen molar-refractivity contribution in [2.75, 3.05) is 10.6 Å². The first-order chi connectivity index (χ1) is 11.9. The van der Waals surface area contributed by atoms with Crippen molar-refractivity contribution in [3.05, 3.63) is 48.7 Å². The first-order valence-electron chi connectivity index (χ1n) is 7.85. The van der Waals surface area contributed by atoms with E-state index in [-0.39, 0.29) is 0 Å². The molecule has 0 saturated carbocycles. The Kier molecular flexibility index (Phi) is 4.47. The number of nitrogens with zero attached hydrogens (tertiary/aromatic N) is 3. The first kappa shape index (κ1) is 16.6. The van der Waals surface area contributed by atoms with Crippen molar-refractivity contribution < 1.29 is 9.53 Å². The Bertz CT molecular complexity index is 883. The predicted octanol–water partition coefficient (Wildman–Crippen LogP) is 4.12. The average molecular weight is 337 g/mol. The highest BCUT2D eigenvalue weighted by Crippen LogP contribution is 2.23. The van der Waals surface area contributed by atoms with E-state index in [1.165, 1.54) is 0 Å². The molecule has 0 aliphatic carbocycles. The molecule has 25 heavy (non-hydrogen) atoms. The molecule has 0 spiro atoms. The Morgan fingerprint density at radius 2 is 1.72 bits per heavy atom. The number of hydrogen-bond donors (Lipinski definition) is 2. The molecule has 0 radical (unpaired) electrons. The van der Waals surface area contributed by atoms with Crippen LogP contribution in [0.25, 0.3) is 10.9 Å². The van der Waals surface area contributed by atoms with Crippen LogP contribution in [0.3, 0.4) is 0 Å². The zero-order valence-electron chi connectivity index (χ0n) is 14.3. The monoisotopic (exact) mass is 337 g/mol. The molecule has 0 aliphatic rings. The molecule has 128 valence electrons. The minimum Gasteiger partial charge on any atom is -0.444 e. The number of rotatable bonds is 3. The van der Waals surface area contributed by atoms with Gasteiger partial charge in [0.15, 0.2) is 11.6 Å². The molecule has 1 aromatic carbocycles. The number of amides is 1. The quantitative estimate of drug-likeness (QED) is 0.747. The maximum Gasteiger partial charge on any atom is 0.413 e. The van der Waals surface area contributed by atoms with Crippen LogP contribution in [0.2, 0.25) is 0 Å². The second kappa shape index (κ2) is 6.72. The summed E-state index contributed by atoms with van der Waals surface area (Å²) in [6.45, 7) is 5.39. The number of hydrogen-bond acceptors (Lipinski definition) is 6. The fraction of sp³-hybridized carbons (Fsp3) is 0.222. The fourth-order valence-corrected chi connectivity index (χ4v) is 2.22. The Labute approximate surface area is 145 Å². The summed E-state index contributed by atoms with van der Waals surface area (Å²) in [5.74, 6) is 0.865. The largest absolute Gasteiger partial charge is 0.444 e. The molecule has 2 heterocycles. The van der Waals surface area contributed by atoms with Gasteiger partial charge in [-0.15, -0.1) is 10.2 Å². The van der Waals surface area contributed by atoms with Gasteiger partial charge in [-0.3, -0.25) is 10.3 Å². The van der Waals surface area contributed by atoms with Crippen molar-refractivity contribution in [3.8, 4) is 0 Å². The van der Waals surface area contributed by atoms with E-state index in [4.69, 9.17) is 4.74 Å². The van der Waals surface area contributed by atoms with Crippen molar-refractivity contribution in [2.24, 2.45) is 0 Å². The number of ether oxygens (including phenoxy) is 1. The van der Waals surface area contributed by atoms with E-state index in [0.717, 1.165) is 16.6 Å². The average Bonchev–Trinajstić information content (AvgIpc) is 2.55. The third kappa shape index (κ3) is 4.41. The summed E-state index contributed by atoms with van der Waals surface area (Å²) in [4.78, 5) is 16.1. The number of pyridine rings is 1. The summed E-state index contributed by atoms with van der Waals surface area (Å²) in [7, 11) is 0. The van der Waals surface area contributed by atoms with Gasteiger partial charge in [0.05, 0.1) is 11.2 Å². The van der Waals surface area contributed by atoms with Gasteiger partial charge in [-0.05, 0) is 45.0 Å². The number of para-hydroxylation sites is 1. The minimum absolute atomic E-state index is 0.316. The highest BCUT2D eigenvalue weighted by molar-refractivity contribution is 5.91. The molecule has 3 aromatic rings. The normalized spacial score (nSPS) is 11.2. The van der Waals surface area contributed by atoms with Gasteiger partial charge in [0.1, 0.15) is 5.60 Å². The molecule has 0 aliphatic heterocycles. The molecule has 2 N–H and O–H groups in total. The van der Waals surface area contributed by atoms with Gasteiger partial charge in [-0.25, -0.2) is 4.79 Å². The molecule has 3 rings (SSSR count). The zero-order chi connectivity index (χ0) is 17.9. The standard InChI is InChI=1S/C18H19N5O2/c1-18(2,3)25-17(24)21-15-10-9-14(22-23-15)20-13-8-4-6-12-7-5-11-19-16(12)13/h4-11H,1-3H3,(H,20,22)(H,21,23,24). The number of benzene rings is 1. The van der Waals surface area contributed by atoms with Gasteiger partial charge >= 0.3 is 6.09 Å². The van der Waals surface area contributed by atoms with E-state index in [0.29, 0.717) is 11.6 Å². The topological polar surface area (TPSA) is 89.0 Å². The van der Waals surface area contributed by atoms with Crippen LogP contribution in [0.15, 0.2) is 48.7 Å². The lowest BCUT2D eigenvalue weighted by atomic mass is 10.2. The van der Waals surface area contributed by atoms with Crippen LogP contribution >= 0.6 is 0 Å². The number of fused-ring (bicyclic) bond motifs is 1. The number of carbonyl (C=O) groups is 1. The van der Waals surface area contributed by atoms with E-state index in [2.05, 4.69) is 25.8 Å². The summed E-state index contributed by atoms with van der Waals surface area (Å²) in [6, 6.07) is 13.1. The Morgan fingerprint density at radius 1 is 1.00 bits per heavy atom. The lowest BCUT2D eigenvalue weighted by Gasteiger charge is -2.19. The maximum absolute atomic E-state index is 11.7. The van der Waals surface area contributed by atoms with Gasteiger partial charge in [0.25, 0.3) is 0 Å². The molecule has 0 unspecified atom stereocenters. The summed E-state index contributed by atoms with van der Waals surface area (Å²) in [5, 5.41) is 14.8. The second-order valence-electron chi connectivity index (χ2n) is 6.44. The molecule has 7 nitrogen and oxygen atoms in total. The van der Waals surface area contributed by atoms with Crippen molar-refractivity contribution in [1.82, 2.24) is 15.2 Å². The van der Waals surface area contributed by atoms with Gasteiger partial charge in [-0.1, -0.05) is 18.2 Å². The van der Waals surface area contributed by atoms with E-state index in [1.807, 2.05) is 30.3 Å². The Balaban J connectivity index is 1.71. The van der Waals surface area contributed by atoms with E-state index >= 15 is 0 Å². The highest BCUT2D eigenvalue weighted by Gasteiger charge is 2.16. The molecule has 0 saturated heterocycles. The fourth-order valence-electron chi connectivity index (χ4n) is 2.22. The van der Waals surface area contributed by atoms with Crippen LogP contribution in [-0.2, 0) is 4.74 Å². The smallest absolute Gasteiger partial charge is 0.413 e. The molecule has 1 amide bonds. The van der Waals surface area contributed by atoms with Crippen molar-refractivity contribution in [2.45, 2.75) is 26.4 Å². The number of carbonyl (C=O) groups excluding carboxylic acids is 1. The summed E-state index contributed by atoms with van der Waals surface area (Å²) >= 11 is 0. The number of anilines is 3. The van der Waals surface area contributed by atoms with E-state index in [1.54, 1.807) is 39.1 Å². The van der Waals surface area contributed by atoms with Gasteiger partial charge in [0, 0.05) is 11.6 Å². The molecule has 7 heteroatoms. The summed E-state index contributed by atoms with van der Waals surface area (Å²) in [5.41, 5.74) is 1.11. The van der Waals surface area contributed by atoms with Gasteiger partial charge in [-0.2, -0.15) is 0 Å². The lowest BCUT2D eigenvalue weighted by Crippen LogP contribution is -2.27. The van der Waals surface area contributed by atoms with Crippen LogP contribution in [0, 0.1) is 0 Å². The SMILES string of the molecule is CC(C)(C)OC(=O)Nc1ccc(Nc2cccc3cccnc23)nn1. The van der Waals surface area contributed by atoms with Crippen molar-refractivity contribution in [1.29, 1.82) is 0 Å². The first-order valence-corrected chi connectivity index (χ1v) is 7.85. The van der Waals surface area contributed by atoms with Gasteiger partial charge < -0.3 is 10.1 Å². The minimum atomic E-state index is -0.569. The third-order valence-electron chi connectivity index (χ3n) is 3.19. The van der Waals surface area contributed by atoms with E-state index in [9.17, 15) is 4.79 Å². The highest BCUT2D eigenvalue weighted by atomic mass is 16.6. The maximum atomic E-state index is 11.7. The molecule has 2 aromatic heterocycles. The zero-order valence-corrected chi connectivity index (χ0v) is 14.3. The molecule has 0 atom stereocenters. The Morgan fingerprint density at radius 3 is 2.44 bits per heavy atom. The van der Waals surface area contributed by atoms with E-state index < -0.39 is 11.7 Å². The number of aromatic nitrogens is 3.